The predicted molar refractivity (Wildman–Crippen MR) is 85.1 cm³/mol. The monoisotopic (exact) mass is 327 g/mol. The fourth-order valence-corrected chi connectivity index (χ4v) is 2.79. The molecule has 24 heavy (non-hydrogen) atoms. The van der Waals surface area contributed by atoms with Crippen molar-refractivity contribution in [1.29, 1.82) is 0 Å². The number of rotatable bonds is 4. The third-order valence-electron chi connectivity index (χ3n) is 4.02. The zero-order valence-corrected chi connectivity index (χ0v) is 13.1. The van der Waals surface area contributed by atoms with Gasteiger partial charge in [-0.25, -0.2) is 4.79 Å². The number of carbonyl (C=O) groups excluding carboxylic acids is 1. The van der Waals surface area contributed by atoms with E-state index in [1.54, 1.807) is 60.7 Å². The standard InChI is InChI=1S/C18H17NO5/c1-23-17-19(15(20)13-8-4-2-5-9-13)12-18(24-17,16(21)22)14-10-6-3-7-11-14/h2-11,17H,12H2,1H3,(H,21,22). The summed E-state index contributed by atoms with van der Waals surface area (Å²) in [6.07, 6.45) is -1.07. The fourth-order valence-electron chi connectivity index (χ4n) is 2.79. The summed E-state index contributed by atoms with van der Waals surface area (Å²) in [5.74, 6) is -1.51. The molecule has 0 spiro atoms. The van der Waals surface area contributed by atoms with Crippen LogP contribution in [0.2, 0.25) is 0 Å². The summed E-state index contributed by atoms with van der Waals surface area (Å²) in [7, 11) is 1.37. The summed E-state index contributed by atoms with van der Waals surface area (Å²) in [6, 6.07) is 17.2. The number of aliphatic carboxylic acids is 1. The first-order valence-electron chi connectivity index (χ1n) is 7.44. The number of nitrogens with zero attached hydrogens (tertiary/aromatic N) is 1. The largest absolute Gasteiger partial charge is 0.479 e. The number of methoxy groups -OCH3 is 1. The topological polar surface area (TPSA) is 76.1 Å². The van der Waals surface area contributed by atoms with E-state index in [0.717, 1.165) is 0 Å². The highest BCUT2D eigenvalue weighted by Gasteiger charge is 2.54. The molecule has 0 aliphatic carbocycles. The number of amides is 1. The summed E-state index contributed by atoms with van der Waals surface area (Å²) in [6.45, 7) is -0.140. The van der Waals surface area contributed by atoms with Crippen molar-refractivity contribution in [2.24, 2.45) is 0 Å². The van der Waals surface area contributed by atoms with Gasteiger partial charge in [0.05, 0.1) is 6.54 Å². The van der Waals surface area contributed by atoms with Gasteiger partial charge in [-0.2, -0.15) is 0 Å². The average molecular weight is 327 g/mol. The molecule has 2 aromatic carbocycles. The zero-order valence-electron chi connectivity index (χ0n) is 13.1. The quantitative estimate of drug-likeness (QED) is 0.930. The molecule has 3 rings (SSSR count). The van der Waals surface area contributed by atoms with Crippen LogP contribution >= 0.6 is 0 Å². The Bertz CT molecular complexity index is 734. The minimum Gasteiger partial charge on any atom is -0.479 e. The molecule has 1 aliphatic rings. The Morgan fingerprint density at radius 1 is 1.12 bits per heavy atom. The van der Waals surface area contributed by atoms with E-state index >= 15 is 0 Å². The van der Waals surface area contributed by atoms with Crippen molar-refractivity contribution < 1.29 is 24.2 Å². The van der Waals surface area contributed by atoms with Gasteiger partial charge >= 0.3 is 5.97 Å². The Morgan fingerprint density at radius 2 is 1.71 bits per heavy atom. The highest BCUT2D eigenvalue weighted by atomic mass is 16.7. The zero-order chi connectivity index (χ0) is 17.2. The molecule has 0 radical (unpaired) electrons. The van der Waals surface area contributed by atoms with E-state index in [4.69, 9.17) is 9.47 Å². The minimum atomic E-state index is -1.66. The van der Waals surface area contributed by atoms with Gasteiger partial charge in [0.25, 0.3) is 5.91 Å². The fraction of sp³-hybridized carbons (Fsp3) is 0.222. The van der Waals surface area contributed by atoms with Crippen molar-refractivity contribution in [1.82, 2.24) is 4.90 Å². The Balaban J connectivity index is 1.98. The van der Waals surface area contributed by atoms with Crippen molar-refractivity contribution in [2.45, 2.75) is 12.0 Å². The molecule has 1 saturated heterocycles. The van der Waals surface area contributed by atoms with Crippen molar-refractivity contribution in [2.75, 3.05) is 13.7 Å². The first kappa shape index (κ1) is 16.2. The summed E-state index contributed by atoms with van der Waals surface area (Å²) in [5, 5.41) is 9.78. The van der Waals surface area contributed by atoms with Gasteiger partial charge in [0, 0.05) is 12.7 Å². The maximum absolute atomic E-state index is 12.7. The summed E-state index contributed by atoms with van der Waals surface area (Å²) in [4.78, 5) is 26.0. The van der Waals surface area contributed by atoms with Gasteiger partial charge in [-0.3, -0.25) is 9.69 Å². The molecule has 0 bridgehead atoms. The SMILES string of the molecule is COC1OC(C(=O)O)(c2ccccc2)CN1C(=O)c1ccccc1. The van der Waals surface area contributed by atoms with Crippen LogP contribution in [-0.2, 0) is 19.9 Å². The maximum Gasteiger partial charge on any atom is 0.342 e. The third-order valence-corrected chi connectivity index (χ3v) is 4.02. The van der Waals surface area contributed by atoms with E-state index in [-0.39, 0.29) is 12.5 Å². The van der Waals surface area contributed by atoms with Crippen LogP contribution in [0.5, 0.6) is 0 Å². The van der Waals surface area contributed by atoms with E-state index in [2.05, 4.69) is 0 Å². The molecule has 6 heteroatoms. The van der Waals surface area contributed by atoms with Crippen LogP contribution in [0.15, 0.2) is 60.7 Å². The molecule has 2 unspecified atom stereocenters. The van der Waals surface area contributed by atoms with E-state index < -0.39 is 18.0 Å². The average Bonchev–Trinajstić information content (AvgIpc) is 3.04. The van der Waals surface area contributed by atoms with Crippen LogP contribution in [0.3, 0.4) is 0 Å². The van der Waals surface area contributed by atoms with Gasteiger partial charge in [-0.05, 0) is 17.7 Å². The lowest BCUT2D eigenvalue weighted by Gasteiger charge is -2.23. The van der Waals surface area contributed by atoms with Crippen LogP contribution in [0.4, 0.5) is 0 Å². The first-order chi connectivity index (χ1) is 11.6. The predicted octanol–water partition coefficient (Wildman–Crippen LogP) is 2.07. The van der Waals surface area contributed by atoms with E-state index in [9.17, 15) is 14.7 Å². The van der Waals surface area contributed by atoms with Crippen LogP contribution in [0.1, 0.15) is 15.9 Å². The molecular formula is C18H17NO5. The van der Waals surface area contributed by atoms with Gasteiger partial charge in [0.2, 0.25) is 12.0 Å². The molecular weight excluding hydrogens is 310 g/mol. The molecule has 6 nitrogen and oxygen atoms in total. The maximum atomic E-state index is 12.7. The van der Waals surface area contributed by atoms with Gasteiger partial charge in [0.15, 0.2) is 0 Å². The highest BCUT2D eigenvalue weighted by Crippen LogP contribution is 2.36. The van der Waals surface area contributed by atoms with Gasteiger partial charge in [-0.15, -0.1) is 0 Å². The van der Waals surface area contributed by atoms with Crippen molar-refractivity contribution >= 4 is 11.9 Å². The van der Waals surface area contributed by atoms with Crippen molar-refractivity contribution in [3.63, 3.8) is 0 Å². The van der Waals surface area contributed by atoms with Crippen molar-refractivity contribution in [3.8, 4) is 0 Å². The normalized spacial score (nSPS) is 23.2. The Labute approximate surface area is 139 Å². The smallest absolute Gasteiger partial charge is 0.342 e. The number of hydrogen-bond acceptors (Lipinski definition) is 4. The molecule has 2 atom stereocenters. The molecule has 1 fully saturated rings. The second kappa shape index (κ2) is 6.43. The number of hydrogen-bond donors (Lipinski definition) is 1. The van der Waals surface area contributed by atoms with Gasteiger partial charge < -0.3 is 14.6 Å². The summed E-state index contributed by atoms with van der Waals surface area (Å²) in [5.41, 5.74) is -0.757. The van der Waals surface area contributed by atoms with Crippen LogP contribution in [0.25, 0.3) is 0 Å². The Morgan fingerprint density at radius 3 is 2.25 bits per heavy atom. The number of carboxylic acid groups (broad SMARTS) is 1. The molecule has 2 aromatic rings. The number of carboxylic acids is 1. The lowest BCUT2D eigenvalue weighted by Crippen LogP contribution is -2.41. The molecule has 0 saturated carbocycles. The van der Waals surface area contributed by atoms with Gasteiger partial charge in [-0.1, -0.05) is 48.5 Å². The lowest BCUT2D eigenvalue weighted by atomic mass is 9.94. The molecule has 1 amide bonds. The second-order valence-electron chi connectivity index (χ2n) is 5.46. The summed E-state index contributed by atoms with van der Waals surface area (Å²) < 4.78 is 10.9. The molecule has 1 N–H and O–H groups in total. The Hall–Kier alpha value is -2.70. The molecule has 124 valence electrons. The van der Waals surface area contributed by atoms with Gasteiger partial charge in [0.1, 0.15) is 0 Å². The van der Waals surface area contributed by atoms with Crippen LogP contribution in [-0.4, -0.2) is 42.0 Å². The van der Waals surface area contributed by atoms with E-state index in [1.165, 1.54) is 12.0 Å². The number of benzene rings is 2. The second-order valence-corrected chi connectivity index (χ2v) is 5.46. The van der Waals surface area contributed by atoms with Crippen molar-refractivity contribution in [3.05, 3.63) is 71.8 Å². The Kier molecular flexibility index (Phi) is 4.33. The minimum absolute atomic E-state index is 0.140. The molecule has 0 aromatic heterocycles. The van der Waals surface area contributed by atoms with E-state index in [0.29, 0.717) is 11.1 Å². The van der Waals surface area contributed by atoms with Crippen LogP contribution in [0, 0.1) is 0 Å². The highest BCUT2D eigenvalue weighted by molar-refractivity contribution is 5.95. The van der Waals surface area contributed by atoms with Crippen LogP contribution < -0.4 is 0 Å². The lowest BCUT2D eigenvalue weighted by molar-refractivity contribution is -0.202. The third kappa shape index (κ3) is 2.66. The summed E-state index contributed by atoms with van der Waals surface area (Å²) >= 11 is 0. The molecule has 1 heterocycles. The first-order valence-corrected chi connectivity index (χ1v) is 7.44. The van der Waals surface area contributed by atoms with E-state index in [1.807, 2.05) is 0 Å². The molecule has 1 aliphatic heterocycles. The number of carbonyl (C=O) groups is 2. The number of ether oxygens (including phenoxy) is 2.